The number of hydrogen-bond acceptors (Lipinski definition) is 2. The average molecular weight is 242 g/mol. The third kappa shape index (κ3) is 2.72. The average Bonchev–Trinajstić information content (AvgIpc) is 2.55. The van der Waals surface area contributed by atoms with Crippen molar-refractivity contribution >= 4 is 11.6 Å². The Bertz CT molecular complexity index is 476. The number of rotatable bonds is 3. The molecule has 2 atom stereocenters. The highest BCUT2D eigenvalue weighted by atomic mass is 16.2. The third-order valence-electron chi connectivity index (χ3n) is 3.31. The van der Waals surface area contributed by atoms with E-state index >= 15 is 0 Å². The van der Waals surface area contributed by atoms with Crippen molar-refractivity contribution in [3.63, 3.8) is 0 Å². The first-order valence-electron chi connectivity index (χ1n) is 6.35. The fourth-order valence-corrected chi connectivity index (χ4v) is 2.20. The van der Waals surface area contributed by atoms with Crippen LogP contribution in [0.1, 0.15) is 25.3 Å². The molecule has 0 aromatic heterocycles. The number of nitrogens with one attached hydrogen (secondary N) is 2. The van der Waals surface area contributed by atoms with Crippen LogP contribution in [0.2, 0.25) is 0 Å². The molecule has 1 aliphatic rings. The second kappa shape index (κ2) is 5.70. The number of para-hydroxylation sites is 1. The summed E-state index contributed by atoms with van der Waals surface area (Å²) in [5.74, 6) is 2.68. The van der Waals surface area contributed by atoms with Crippen LogP contribution in [0.4, 0.5) is 5.69 Å². The smallest absolute Gasteiger partial charge is 0.241 e. The largest absolute Gasteiger partial charge is 0.324 e. The van der Waals surface area contributed by atoms with Gasteiger partial charge in [-0.25, -0.2) is 0 Å². The lowest BCUT2D eigenvalue weighted by Crippen LogP contribution is -2.44. The zero-order chi connectivity index (χ0) is 13.0. The van der Waals surface area contributed by atoms with Crippen LogP contribution in [-0.2, 0) is 11.2 Å². The van der Waals surface area contributed by atoms with Gasteiger partial charge < -0.3 is 5.32 Å². The van der Waals surface area contributed by atoms with Gasteiger partial charge in [0.15, 0.2) is 0 Å². The number of carbonyl (C=O) groups is 1. The van der Waals surface area contributed by atoms with E-state index in [-0.39, 0.29) is 18.0 Å². The first-order chi connectivity index (χ1) is 8.74. The summed E-state index contributed by atoms with van der Waals surface area (Å²) in [7, 11) is 0. The molecule has 2 rings (SSSR count). The van der Waals surface area contributed by atoms with Crippen molar-refractivity contribution in [2.45, 2.75) is 38.3 Å². The molecule has 1 aromatic rings. The molecule has 0 bridgehead atoms. The molecular formula is C15H18N2O. The number of aryl methyl sites for hydroxylation is 1. The number of carbonyl (C=O) groups excluding carboxylic acids is 1. The van der Waals surface area contributed by atoms with E-state index in [0.717, 1.165) is 24.9 Å². The zero-order valence-electron chi connectivity index (χ0n) is 10.6. The Hall–Kier alpha value is -1.79. The van der Waals surface area contributed by atoms with E-state index in [0.29, 0.717) is 0 Å². The van der Waals surface area contributed by atoms with E-state index in [1.54, 1.807) is 0 Å². The minimum Gasteiger partial charge on any atom is -0.324 e. The quantitative estimate of drug-likeness (QED) is 0.795. The Labute approximate surface area is 108 Å². The third-order valence-corrected chi connectivity index (χ3v) is 3.31. The lowest BCUT2D eigenvalue weighted by molar-refractivity contribution is -0.118. The van der Waals surface area contributed by atoms with Gasteiger partial charge in [-0.05, 0) is 30.9 Å². The predicted octanol–water partition coefficient (Wildman–Crippen LogP) is 1.94. The van der Waals surface area contributed by atoms with Gasteiger partial charge in [-0.15, -0.1) is 6.42 Å². The minimum atomic E-state index is -0.210. The molecule has 3 nitrogen and oxygen atoms in total. The summed E-state index contributed by atoms with van der Waals surface area (Å²) in [4.78, 5) is 12.1. The Balaban J connectivity index is 2.10. The van der Waals surface area contributed by atoms with Crippen molar-refractivity contribution in [3.8, 4) is 12.3 Å². The number of anilines is 1. The van der Waals surface area contributed by atoms with E-state index in [4.69, 9.17) is 6.42 Å². The topological polar surface area (TPSA) is 41.1 Å². The van der Waals surface area contributed by atoms with Crippen molar-refractivity contribution in [1.29, 1.82) is 0 Å². The maximum atomic E-state index is 12.1. The second-order valence-corrected chi connectivity index (χ2v) is 4.53. The van der Waals surface area contributed by atoms with Crippen molar-refractivity contribution < 1.29 is 4.79 Å². The summed E-state index contributed by atoms with van der Waals surface area (Å²) in [6, 6.07) is 7.67. The first-order valence-corrected chi connectivity index (χ1v) is 6.35. The van der Waals surface area contributed by atoms with Crippen LogP contribution < -0.4 is 10.6 Å². The van der Waals surface area contributed by atoms with Gasteiger partial charge in [0.1, 0.15) is 0 Å². The standard InChI is InChI=1S/C15H18N2O/c1-3-12(4-2)16-14-10-9-11-7-5-6-8-13(11)17-15(14)18/h1,5-8,12,14,16H,4,9-10H2,2H3,(H,17,18). The van der Waals surface area contributed by atoms with Crippen LogP contribution in [0, 0.1) is 12.3 Å². The van der Waals surface area contributed by atoms with Crippen LogP contribution in [0.15, 0.2) is 24.3 Å². The van der Waals surface area contributed by atoms with E-state index in [1.165, 1.54) is 5.56 Å². The predicted molar refractivity (Wildman–Crippen MR) is 73.2 cm³/mol. The maximum absolute atomic E-state index is 12.1. The van der Waals surface area contributed by atoms with Gasteiger partial charge in [0.2, 0.25) is 5.91 Å². The molecule has 0 spiro atoms. The van der Waals surface area contributed by atoms with Crippen molar-refractivity contribution in [3.05, 3.63) is 29.8 Å². The highest BCUT2D eigenvalue weighted by Crippen LogP contribution is 2.21. The minimum absolute atomic E-state index is 0.00801. The summed E-state index contributed by atoms with van der Waals surface area (Å²) in [6.07, 6.45) is 7.91. The molecular weight excluding hydrogens is 224 g/mol. The molecule has 94 valence electrons. The molecule has 2 N–H and O–H groups in total. The molecule has 1 aliphatic heterocycles. The second-order valence-electron chi connectivity index (χ2n) is 4.53. The molecule has 2 unspecified atom stereocenters. The highest BCUT2D eigenvalue weighted by molar-refractivity contribution is 5.96. The molecule has 18 heavy (non-hydrogen) atoms. The Morgan fingerprint density at radius 2 is 2.33 bits per heavy atom. The maximum Gasteiger partial charge on any atom is 0.241 e. The zero-order valence-corrected chi connectivity index (χ0v) is 10.6. The Morgan fingerprint density at radius 3 is 3.06 bits per heavy atom. The number of terminal acetylenes is 1. The van der Waals surface area contributed by atoms with Gasteiger partial charge in [0.05, 0.1) is 12.1 Å². The lowest BCUT2D eigenvalue weighted by Gasteiger charge is -2.19. The van der Waals surface area contributed by atoms with Crippen LogP contribution >= 0.6 is 0 Å². The van der Waals surface area contributed by atoms with Gasteiger partial charge in [-0.1, -0.05) is 31.0 Å². The van der Waals surface area contributed by atoms with Crippen LogP contribution in [0.25, 0.3) is 0 Å². The fraction of sp³-hybridized carbons (Fsp3) is 0.400. The lowest BCUT2D eigenvalue weighted by atomic mass is 10.0. The number of amides is 1. The molecule has 0 radical (unpaired) electrons. The van der Waals surface area contributed by atoms with Crippen molar-refractivity contribution in [2.75, 3.05) is 5.32 Å². The Kier molecular flexibility index (Phi) is 4.01. The van der Waals surface area contributed by atoms with Crippen LogP contribution in [0.5, 0.6) is 0 Å². The number of fused-ring (bicyclic) bond motifs is 1. The normalized spacial score (nSPS) is 20.2. The van der Waals surface area contributed by atoms with E-state index < -0.39 is 0 Å². The molecule has 0 saturated heterocycles. The summed E-state index contributed by atoms with van der Waals surface area (Å²) in [5, 5.41) is 6.19. The molecule has 1 amide bonds. The van der Waals surface area contributed by atoms with Gasteiger partial charge in [0.25, 0.3) is 0 Å². The molecule has 1 aromatic carbocycles. The van der Waals surface area contributed by atoms with E-state index in [1.807, 2.05) is 25.1 Å². The van der Waals surface area contributed by atoms with E-state index in [9.17, 15) is 4.79 Å². The Morgan fingerprint density at radius 1 is 1.56 bits per heavy atom. The van der Waals surface area contributed by atoms with E-state index in [2.05, 4.69) is 22.6 Å². The summed E-state index contributed by atoms with van der Waals surface area (Å²) in [5.41, 5.74) is 2.10. The van der Waals surface area contributed by atoms with Gasteiger partial charge in [-0.2, -0.15) is 0 Å². The summed E-state index contributed by atoms with van der Waals surface area (Å²) < 4.78 is 0. The van der Waals surface area contributed by atoms with Gasteiger partial charge >= 0.3 is 0 Å². The molecule has 0 aliphatic carbocycles. The van der Waals surface area contributed by atoms with Gasteiger partial charge in [0, 0.05) is 5.69 Å². The monoisotopic (exact) mass is 242 g/mol. The molecule has 0 fully saturated rings. The molecule has 3 heteroatoms. The fourth-order valence-electron chi connectivity index (χ4n) is 2.20. The number of benzene rings is 1. The van der Waals surface area contributed by atoms with Crippen LogP contribution in [0.3, 0.4) is 0 Å². The van der Waals surface area contributed by atoms with Crippen LogP contribution in [-0.4, -0.2) is 18.0 Å². The molecule has 0 saturated carbocycles. The SMILES string of the molecule is C#CC(CC)NC1CCc2ccccc2NC1=O. The molecule has 1 heterocycles. The summed E-state index contributed by atoms with van der Waals surface area (Å²) in [6.45, 7) is 2.01. The highest BCUT2D eigenvalue weighted by Gasteiger charge is 2.24. The van der Waals surface area contributed by atoms with Crippen molar-refractivity contribution in [1.82, 2.24) is 5.32 Å². The number of hydrogen-bond donors (Lipinski definition) is 2. The van der Waals surface area contributed by atoms with Gasteiger partial charge in [-0.3, -0.25) is 10.1 Å². The summed E-state index contributed by atoms with van der Waals surface area (Å²) >= 11 is 0. The first kappa shape index (κ1) is 12.7. The van der Waals surface area contributed by atoms with Crippen molar-refractivity contribution in [2.24, 2.45) is 0 Å².